The number of ether oxygens (including phenoxy) is 3. The van der Waals surface area contributed by atoms with E-state index >= 15 is 0 Å². The molecule has 1 amide bonds. The van der Waals surface area contributed by atoms with E-state index in [1.165, 1.54) is 0 Å². The summed E-state index contributed by atoms with van der Waals surface area (Å²) in [5.74, 6) is 0.0113. The maximum atomic E-state index is 12.3. The van der Waals surface area contributed by atoms with Crippen molar-refractivity contribution in [3.8, 4) is 11.5 Å². The number of amides is 1. The van der Waals surface area contributed by atoms with Gasteiger partial charge in [-0.15, -0.1) is 5.10 Å². The van der Waals surface area contributed by atoms with E-state index in [1.807, 2.05) is 12.1 Å². The lowest BCUT2D eigenvalue weighted by atomic mass is 10.1. The molecule has 0 saturated carbocycles. The van der Waals surface area contributed by atoms with Crippen LogP contribution in [-0.4, -0.2) is 54.2 Å². The van der Waals surface area contributed by atoms with E-state index in [9.17, 15) is 14.4 Å². The van der Waals surface area contributed by atoms with Gasteiger partial charge in [-0.2, -0.15) is 4.68 Å². The Labute approximate surface area is 177 Å². The SMILES string of the molecule is COc1ccc(CCNC(=O)COC(=O)Cn2nnc3ccccc3c2=O)cc1OC. The van der Waals surface area contributed by atoms with E-state index in [2.05, 4.69) is 15.6 Å². The van der Waals surface area contributed by atoms with Crippen molar-refractivity contribution in [3.63, 3.8) is 0 Å². The molecule has 0 bridgehead atoms. The molecule has 0 fully saturated rings. The molecule has 1 N–H and O–H groups in total. The molecule has 0 spiro atoms. The average molecular weight is 426 g/mol. The van der Waals surface area contributed by atoms with Gasteiger partial charge in [0.1, 0.15) is 12.1 Å². The van der Waals surface area contributed by atoms with Crippen LogP contribution < -0.4 is 20.3 Å². The second-order valence-electron chi connectivity index (χ2n) is 6.52. The summed E-state index contributed by atoms with van der Waals surface area (Å²) in [6, 6.07) is 12.2. The molecule has 0 aliphatic rings. The van der Waals surface area contributed by atoms with Crippen molar-refractivity contribution in [2.24, 2.45) is 0 Å². The predicted molar refractivity (Wildman–Crippen MR) is 111 cm³/mol. The Morgan fingerprint density at radius 2 is 1.84 bits per heavy atom. The van der Waals surface area contributed by atoms with Crippen LogP contribution in [0.1, 0.15) is 5.56 Å². The number of aromatic nitrogens is 3. The monoisotopic (exact) mass is 426 g/mol. The minimum atomic E-state index is -0.762. The van der Waals surface area contributed by atoms with Crippen LogP contribution in [0.25, 0.3) is 10.9 Å². The molecule has 0 atom stereocenters. The fraction of sp³-hybridized carbons (Fsp3) is 0.286. The molecule has 162 valence electrons. The molecule has 31 heavy (non-hydrogen) atoms. The van der Waals surface area contributed by atoms with Crippen LogP contribution in [0.4, 0.5) is 0 Å². The summed E-state index contributed by atoms with van der Waals surface area (Å²) < 4.78 is 16.3. The molecule has 0 aliphatic heterocycles. The number of fused-ring (bicyclic) bond motifs is 1. The first kappa shape index (κ1) is 21.8. The second kappa shape index (κ2) is 10.2. The average Bonchev–Trinajstić information content (AvgIpc) is 2.79. The van der Waals surface area contributed by atoms with Crippen LogP contribution >= 0.6 is 0 Å². The Morgan fingerprint density at radius 3 is 2.61 bits per heavy atom. The topological polar surface area (TPSA) is 122 Å². The highest BCUT2D eigenvalue weighted by Gasteiger charge is 2.12. The molecule has 10 heteroatoms. The Bertz CT molecular complexity index is 1140. The minimum absolute atomic E-state index is 0.346. The van der Waals surface area contributed by atoms with Crippen molar-refractivity contribution >= 4 is 22.8 Å². The van der Waals surface area contributed by atoms with E-state index in [4.69, 9.17) is 14.2 Å². The first-order valence-corrected chi connectivity index (χ1v) is 9.47. The number of nitrogens with one attached hydrogen (secondary N) is 1. The minimum Gasteiger partial charge on any atom is -0.493 e. The predicted octanol–water partition coefficient (Wildman–Crippen LogP) is 0.711. The number of benzene rings is 2. The fourth-order valence-electron chi connectivity index (χ4n) is 2.87. The first-order chi connectivity index (χ1) is 15.0. The third-order valence-corrected chi connectivity index (χ3v) is 4.46. The lowest BCUT2D eigenvalue weighted by molar-refractivity contribution is -0.149. The zero-order valence-corrected chi connectivity index (χ0v) is 17.2. The number of carbonyl (C=O) groups is 2. The third kappa shape index (κ3) is 5.56. The molecule has 1 aromatic heterocycles. The van der Waals surface area contributed by atoms with Crippen molar-refractivity contribution in [1.29, 1.82) is 0 Å². The largest absolute Gasteiger partial charge is 0.493 e. The summed E-state index contributed by atoms with van der Waals surface area (Å²) in [5.41, 5.74) is 0.928. The summed E-state index contributed by atoms with van der Waals surface area (Å²) in [6.07, 6.45) is 0.558. The number of hydrogen-bond donors (Lipinski definition) is 1. The highest BCUT2D eigenvalue weighted by atomic mass is 16.5. The first-order valence-electron chi connectivity index (χ1n) is 9.47. The molecule has 1 heterocycles. The molecular weight excluding hydrogens is 404 g/mol. The van der Waals surface area contributed by atoms with Gasteiger partial charge in [0.05, 0.1) is 19.6 Å². The van der Waals surface area contributed by atoms with Gasteiger partial charge in [-0.3, -0.25) is 14.4 Å². The summed E-state index contributed by atoms with van der Waals surface area (Å²) >= 11 is 0. The fourth-order valence-corrected chi connectivity index (χ4v) is 2.87. The molecular formula is C21H22N4O6. The van der Waals surface area contributed by atoms with Gasteiger partial charge in [-0.25, -0.2) is 0 Å². The molecule has 3 rings (SSSR count). The smallest absolute Gasteiger partial charge is 0.328 e. The Hall–Kier alpha value is -3.95. The van der Waals surface area contributed by atoms with Crippen molar-refractivity contribution in [2.45, 2.75) is 13.0 Å². The summed E-state index contributed by atoms with van der Waals surface area (Å²) in [5, 5.41) is 10.6. The maximum absolute atomic E-state index is 12.3. The standard InChI is InChI=1S/C21H22N4O6/c1-29-17-8-7-14(11-18(17)30-2)9-10-22-19(26)13-31-20(27)12-25-21(28)15-5-3-4-6-16(15)23-24-25/h3-8,11H,9-10,12-13H2,1-2H3,(H,22,26). The Morgan fingerprint density at radius 1 is 1.06 bits per heavy atom. The van der Waals surface area contributed by atoms with Crippen LogP contribution in [-0.2, 0) is 27.3 Å². The Kier molecular flexibility index (Phi) is 7.15. The molecule has 0 unspecified atom stereocenters. The van der Waals surface area contributed by atoms with Crippen molar-refractivity contribution in [1.82, 2.24) is 20.3 Å². The highest BCUT2D eigenvalue weighted by Crippen LogP contribution is 2.27. The number of hydrogen-bond acceptors (Lipinski definition) is 8. The van der Waals surface area contributed by atoms with Gasteiger partial charge in [-0.1, -0.05) is 23.4 Å². The van der Waals surface area contributed by atoms with Gasteiger partial charge in [-0.05, 0) is 36.2 Å². The third-order valence-electron chi connectivity index (χ3n) is 4.46. The summed E-state index contributed by atoms with van der Waals surface area (Å²) in [7, 11) is 3.11. The van der Waals surface area contributed by atoms with Gasteiger partial charge >= 0.3 is 5.97 Å². The van der Waals surface area contributed by atoms with Crippen molar-refractivity contribution in [3.05, 3.63) is 58.4 Å². The van der Waals surface area contributed by atoms with Gasteiger partial charge in [0.2, 0.25) is 0 Å². The van der Waals surface area contributed by atoms with Crippen LogP contribution in [0, 0.1) is 0 Å². The maximum Gasteiger partial charge on any atom is 0.328 e. The van der Waals surface area contributed by atoms with Gasteiger partial charge < -0.3 is 19.5 Å². The zero-order chi connectivity index (χ0) is 22.2. The number of carbonyl (C=O) groups excluding carboxylic acids is 2. The number of rotatable bonds is 9. The van der Waals surface area contributed by atoms with Crippen LogP contribution in [0.15, 0.2) is 47.3 Å². The number of nitrogens with zero attached hydrogens (tertiary/aromatic N) is 3. The number of esters is 1. The van der Waals surface area contributed by atoms with Crippen LogP contribution in [0.5, 0.6) is 11.5 Å². The van der Waals surface area contributed by atoms with E-state index in [-0.39, 0.29) is 0 Å². The molecule has 3 aromatic rings. The van der Waals surface area contributed by atoms with Crippen LogP contribution in [0.3, 0.4) is 0 Å². The van der Waals surface area contributed by atoms with E-state index in [0.29, 0.717) is 35.4 Å². The molecule has 0 radical (unpaired) electrons. The molecule has 10 nitrogen and oxygen atoms in total. The lowest BCUT2D eigenvalue weighted by Crippen LogP contribution is -2.33. The van der Waals surface area contributed by atoms with E-state index in [0.717, 1.165) is 10.2 Å². The van der Waals surface area contributed by atoms with Gasteiger partial charge in [0.25, 0.3) is 11.5 Å². The lowest BCUT2D eigenvalue weighted by Gasteiger charge is -2.10. The van der Waals surface area contributed by atoms with E-state index in [1.54, 1.807) is 44.6 Å². The molecule has 0 saturated heterocycles. The quantitative estimate of drug-likeness (QED) is 0.497. The molecule has 0 aliphatic carbocycles. The zero-order valence-electron chi connectivity index (χ0n) is 17.2. The second-order valence-corrected chi connectivity index (χ2v) is 6.52. The highest BCUT2D eigenvalue weighted by molar-refractivity contribution is 5.80. The van der Waals surface area contributed by atoms with E-state index < -0.39 is 30.6 Å². The van der Waals surface area contributed by atoms with Crippen molar-refractivity contribution < 1.29 is 23.8 Å². The summed E-state index contributed by atoms with van der Waals surface area (Å²) in [6.45, 7) is -0.544. The van der Waals surface area contributed by atoms with Crippen molar-refractivity contribution in [2.75, 3.05) is 27.4 Å². The molecule has 2 aromatic carbocycles. The Balaban J connectivity index is 1.45. The van der Waals surface area contributed by atoms with Crippen LogP contribution in [0.2, 0.25) is 0 Å². The number of methoxy groups -OCH3 is 2. The van der Waals surface area contributed by atoms with Gasteiger partial charge in [0, 0.05) is 6.54 Å². The van der Waals surface area contributed by atoms with Gasteiger partial charge in [0.15, 0.2) is 18.1 Å². The summed E-state index contributed by atoms with van der Waals surface area (Å²) in [4.78, 5) is 36.2. The normalized spacial score (nSPS) is 10.5.